The highest BCUT2D eigenvalue weighted by Crippen LogP contribution is 2.21. The summed E-state index contributed by atoms with van der Waals surface area (Å²) in [5, 5.41) is 7.43. The molecule has 8 nitrogen and oxygen atoms in total. The van der Waals surface area contributed by atoms with Gasteiger partial charge in [-0.2, -0.15) is 0 Å². The SMILES string of the molecule is CCNC(=O)N1CCN(Cc2nc(NCCCN(C)C)c3ccccc3n2)CC1. The molecule has 1 fully saturated rings. The molecule has 3 rings (SSSR count). The minimum Gasteiger partial charge on any atom is -0.369 e. The molecule has 0 saturated carbocycles. The number of nitrogens with one attached hydrogen (secondary N) is 2. The van der Waals surface area contributed by atoms with Crippen molar-refractivity contribution in [3.05, 3.63) is 30.1 Å². The molecule has 0 unspecified atom stereocenters. The van der Waals surface area contributed by atoms with Gasteiger partial charge in [0.05, 0.1) is 12.1 Å². The zero-order valence-electron chi connectivity index (χ0n) is 17.8. The molecule has 0 bridgehead atoms. The lowest BCUT2D eigenvalue weighted by Crippen LogP contribution is -2.51. The molecule has 1 aliphatic heterocycles. The summed E-state index contributed by atoms with van der Waals surface area (Å²) in [6.07, 6.45) is 1.06. The van der Waals surface area contributed by atoms with E-state index in [4.69, 9.17) is 9.97 Å². The minimum atomic E-state index is 0.0262. The summed E-state index contributed by atoms with van der Waals surface area (Å²) in [4.78, 5) is 28.0. The highest BCUT2D eigenvalue weighted by Gasteiger charge is 2.21. The maximum absolute atomic E-state index is 12.0. The first-order chi connectivity index (χ1) is 14.1. The molecule has 1 aromatic carbocycles. The van der Waals surface area contributed by atoms with Crippen molar-refractivity contribution in [2.45, 2.75) is 19.9 Å². The molecule has 2 N–H and O–H groups in total. The lowest BCUT2D eigenvalue weighted by atomic mass is 10.2. The summed E-state index contributed by atoms with van der Waals surface area (Å²) in [7, 11) is 4.17. The van der Waals surface area contributed by atoms with Crippen molar-refractivity contribution in [2.24, 2.45) is 0 Å². The molecular formula is C21H33N7O. The number of carbonyl (C=O) groups is 1. The topological polar surface area (TPSA) is 76.6 Å². The van der Waals surface area contributed by atoms with E-state index in [1.54, 1.807) is 0 Å². The van der Waals surface area contributed by atoms with Crippen LogP contribution in [0.2, 0.25) is 0 Å². The number of amides is 2. The summed E-state index contributed by atoms with van der Waals surface area (Å²) in [5.74, 6) is 1.73. The highest BCUT2D eigenvalue weighted by molar-refractivity contribution is 5.88. The van der Waals surface area contributed by atoms with Gasteiger partial charge in [0.25, 0.3) is 0 Å². The second kappa shape index (κ2) is 10.4. The van der Waals surface area contributed by atoms with Gasteiger partial charge in [0.1, 0.15) is 11.6 Å². The fourth-order valence-electron chi connectivity index (χ4n) is 3.50. The summed E-state index contributed by atoms with van der Waals surface area (Å²) in [6.45, 7) is 8.34. The van der Waals surface area contributed by atoms with Crippen LogP contribution in [0.15, 0.2) is 24.3 Å². The van der Waals surface area contributed by atoms with Crippen LogP contribution in [0, 0.1) is 0 Å². The molecule has 2 heterocycles. The summed E-state index contributed by atoms with van der Waals surface area (Å²) in [6, 6.07) is 8.17. The van der Waals surface area contributed by atoms with Gasteiger partial charge in [0.2, 0.25) is 0 Å². The highest BCUT2D eigenvalue weighted by atomic mass is 16.2. The molecule has 1 aromatic heterocycles. The molecule has 2 amide bonds. The molecule has 0 atom stereocenters. The van der Waals surface area contributed by atoms with E-state index in [0.29, 0.717) is 13.1 Å². The minimum absolute atomic E-state index is 0.0262. The van der Waals surface area contributed by atoms with Gasteiger partial charge in [-0.3, -0.25) is 4.90 Å². The number of aromatic nitrogens is 2. The fraction of sp³-hybridized carbons (Fsp3) is 0.571. The number of hydrogen-bond donors (Lipinski definition) is 2. The molecule has 0 radical (unpaired) electrons. The lowest BCUT2D eigenvalue weighted by molar-refractivity contribution is 0.134. The fourth-order valence-corrected chi connectivity index (χ4v) is 3.50. The number of hydrogen-bond acceptors (Lipinski definition) is 6. The first-order valence-electron chi connectivity index (χ1n) is 10.5. The van der Waals surface area contributed by atoms with Gasteiger partial charge >= 0.3 is 6.03 Å². The van der Waals surface area contributed by atoms with Crippen LogP contribution in [0.4, 0.5) is 10.6 Å². The Balaban J connectivity index is 1.64. The van der Waals surface area contributed by atoms with Crippen molar-refractivity contribution in [3.8, 4) is 0 Å². The van der Waals surface area contributed by atoms with Gasteiger partial charge in [-0.05, 0) is 46.1 Å². The Kier molecular flexibility index (Phi) is 7.60. The third kappa shape index (κ3) is 6.01. The number of piperazine rings is 1. The molecular weight excluding hydrogens is 366 g/mol. The van der Waals surface area contributed by atoms with E-state index in [0.717, 1.165) is 68.2 Å². The molecule has 1 saturated heterocycles. The quantitative estimate of drug-likeness (QED) is 0.660. The molecule has 0 aliphatic carbocycles. The molecule has 8 heteroatoms. The van der Waals surface area contributed by atoms with Crippen molar-refractivity contribution >= 4 is 22.8 Å². The van der Waals surface area contributed by atoms with Crippen LogP contribution in [0.5, 0.6) is 0 Å². The smallest absolute Gasteiger partial charge is 0.317 e. The Morgan fingerprint density at radius 2 is 1.90 bits per heavy atom. The van der Waals surface area contributed by atoms with Crippen LogP contribution in [-0.4, -0.2) is 90.6 Å². The molecule has 29 heavy (non-hydrogen) atoms. The number of urea groups is 1. The first kappa shape index (κ1) is 21.3. The molecule has 1 aliphatic rings. The van der Waals surface area contributed by atoms with E-state index >= 15 is 0 Å². The zero-order chi connectivity index (χ0) is 20.6. The van der Waals surface area contributed by atoms with E-state index in [9.17, 15) is 4.79 Å². The Morgan fingerprint density at radius 3 is 2.62 bits per heavy atom. The second-order valence-corrected chi connectivity index (χ2v) is 7.69. The number of benzene rings is 1. The van der Waals surface area contributed by atoms with Gasteiger partial charge in [0, 0.05) is 44.7 Å². The average Bonchev–Trinajstić information content (AvgIpc) is 2.71. The van der Waals surface area contributed by atoms with Crippen LogP contribution in [0.1, 0.15) is 19.2 Å². The number of anilines is 1. The lowest BCUT2D eigenvalue weighted by Gasteiger charge is -2.34. The predicted octanol–water partition coefficient (Wildman–Crippen LogP) is 1.84. The van der Waals surface area contributed by atoms with Gasteiger partial charge < -0.3 is 20.4 Å². The van der Waals surface area contributed by atoms with E-state index in [1.165, 1.54) is 0 Å². The zero-order valence-corrected chi connectivity index (χ0v) is 17.8. The Hall–Kier alpha value is -2.45. The van der Waals surface area contributed by atoms with Crippen LogP contribution in [-0.2, 0) is 6.54 Å². The maximum Gasteiger partial charge on any atom is 0.317 e. The number of fused-ring (bicyclic) bond motifs is 1. The maximum atomic E-state index is 12.0. The van der Waals surface area contributed by atoms with E-state index < -0.39 is 0 Å². The van der Waals surface area contributed by atoms with Crippen LogP contribution < -0.4 is 10.6 Å². The van der Waals surface area contributed by atoms with Crippen LogP contribution in [0.3, 0.4) is 0 Å². The average molecular weight is 400 g/mol. The Bertz CT molecular complexity index is 803. The number of rotatable bonds is 8. The van der Waals surface area contributed by atoms with Gasteiger partial charge in [0.15, 0.2) is 0 Å². The van der Waals surface area contributed by atoms with E-state index in [2.05, 4.69) is 40.6 Å². The van der Waals surface area contributed by atoms with Crippen molar-refractivity contribution in [2.75, 3.05) is 65.2 Å². The standard InChI is InChI=1S/C21H33N7O/c1-4-22-21(29)28-14-12-27(13-15-28)16-19-24-18-9-6-5-8-17(18)20(25-19)23-10-7-11-26(2)3/h5-6,8-9H,4,7,10-16H2,1-3H3,(H,22,29)(H,23,24,25). The molecule has 158 valence electrons. The van der Waals surface area contributed by atoms with Gasteiger partial charge in [-0.1, -0.05) is 12.1 Å². The molecule has 0 spiro atoms. The third-order valence-corrected chi connectivity index (χ3v) is 5.08. The van der Waals surface area contributed by atoms with Gasteiger partial charge in [-0.25, -0.2) is 14.8 Å². The van der Waals surface area contributed by atoms with E-state index in [-0.39, 0.29) is 6.03 Å². The Labute approximate surface area is 173 Å². The van der Waals surface area contributed by atoms with Gasteiger partial charge in [-0.15, -0.1) is 0 Å². The van der Waals surface area contributed by atoms with E-state index in [1.807, 2.05) is 30.0 Å². The largest absolute Gasteiger partial charge is 0.369 e. The summed E-state index contributed by atoms with van der Waals surface area (Å²) >= 11 is 0. The second-order valence-electron chi connectivity index (χ2n) is 7.69. The molecule has 2 aromatic rings. The van der Waals surface area contributed by atoms with Crippen LogP contribution in [0.25, 0.3) is 10.9 Å². The summed E-state index contributed by atoms with van der Waals surface area (Å²) in [5.41, 5.74) is 0.966. The Morgan fingerprint density at radius 1 is 1.14 bits per heavy atom. The van der Waals surface area contributed by atoms with Crippen molar-refractivity contribution in [3.63, 3.8) is 0 Å². The predicted molar refractivity (Wildman–Crippen MR) is 117 cm³/mol. The number of para-hydroxylation sites is 1. The number of carbonyl (C=O) groups excluding carboxylic acids is 1. The normalized spacial score (nSPS) is 15.1. The first-order valence-corrected chi connectivity index (χ1v) is 10.5. The van der Waals surface area contributed by atoms with Crippen molar-refractivity contribution in [1.29, 1.82) is 0 Å². The van der Waals surface area contributed by atoms with Crippen molar-refractivity contribution in [1.82, 2.24) is 30.0 Å². The van der Waals surface area contributed by atoms with Crippen molar-refractivity contribution < 1.29 is 4.79 Å². The monoisotopic (exact) mass is 399 g/mol. The summed E-state index contributed by atoms with van der Waals surface area (Å²) < 4.78 is 0. The third-order valence-electron chi connectivity index (χ3n) is 5.08. The number of nitrogens with zero attached hydrogens (tertiary/aromatic N) is 5. The van der Waals surface area contributed by atoms with Crippen LogP contribution >= 0.6 is 0 Å².